The molecule has 0 saturated carbocycles. The number of aromatic nitrogens is 1. The van der Waals surface area contributed by atoms with Crippen LogP contribution in [-0.4, -0.2) is 58.6 Å². The normalized spacial score (nSPS) is 20.1. The van der Waals surface area contributed by atoms with Crippen molar-refractivity contribution in [2.45, 2.75) is 25.4 Å². The van der Waals surface area contributed by atoms with Gasteiger partial charge >= 0.3 is 12.1 Å². The molecule has 1 spiro atoms. The van der Waals surface area contributed by atoms with Gasteiger partial charge in [-0.2, -0.15) is 13.2 Å². The topological polar surface area (TPSA) is 90.8 Å². The van der Waals surface area contributed by atoms with Crippen LogP contribution in [-0.2, 0) is 20.8 Å². The number of likely N-dealkylation sites (tertiary alicyclic amines) is 1. The first-order chi connectivity index (χ1) is 15.5. The molecule has 33 heavy (non-hydrogen) atoms. The summed E-state index contributed by atoms with van der Waals surface area (Å²) in [5.41, 5.74) is 0.970. The Morgan fingerprint density at radius 3 is 2.42 bits per heavy atom. The van der Waals surface area contributed by atoms with Crippen molar-refractivity contribution in [1.82, 2.24) is 9.88 Å². The number of hydrogen-bond acceptors (Lipinski definition) is 4. The zero-order chi connectivity index (χ0) is 24.2. The van der Waals surface area contributed by atoms with Gasteiger partial charge in [-0.1, -0.05) is 12.1 Å². The molecule has 1 unspecified atom stereocenters. The van der Waals surface area contributed by atoms with Gasteiger partial charge in [-0.25, -0.2) is 9.18 Å². The summed E-state index contributed by atoms with van der Waals surface area (Å²) in [6.45, 7) is 1.66. The highest BCUT2D eigenvalue weighted by atomic mass is 19.4. The molecule has 2 saturated heterocycles. The molecule has 1 atom stereocenters. The predicted molar refractivity (Wildman–Crippen MR) is 109 cm³/mol. The molecule has 1 N–H and O–H groups in total. The van der Waals surface area contributed by atoms with Gasteiger partial charge in [-0.05, 0) is 42.7 Å². The molecule has 2 fully saturated rings. The van der Waals surface area contributed by atoms with Crippen LogP contribution in [0.25, 0.3) is 0 Å². The maximum Gasteiger partial charge on any atom is 0.490 e. The summed E-state index contributed by atoms with van der Waals surface area (Å²) < 4.78 is 45.0. The van der Waals surface area contributed by atoms with Gasteiger partial charge in [0.1, 0.15) is 5.82 Å². The van der Waals surface area contributed by atoms with Crippen LogP contribution in [0.3, 0.4) is 0 Å². The van der Waals surface area contributed by atoms with E-state index in [1.807, 2.05) is 12.1 Å². The van der Waals surface area contributed by atoms with E-state index in [4.69, 9.17) is 9.90 Å². The van der Waals surface area contributed by atoms with E-state index in [0.29, 0.717) is 31.6 Å². The number of rotatable bonds is 3. The van der Waals surface area contributed by atoms with Crippen molar-refractivity contribution in [3.05, 3.63) is 60.2 Å². The summed E-state index contributed by atoms with van der Waals surface area (Å²) in [4.78, 5) is 42.1. The van der Waals surface area contributed by atoms with Gasteiger partial charge in [0.2, 0.25) is 11.8 Å². The molecule has 3 heterocycles. The highest BCUT2D eigenvalue weighted by molar-refractivity contribution is 6.00. The van der Waals surface area contributed by atoms with Crippen LogP contribution in [0, 0.1) is 11.2 Å². The van der Waals surface area contributed by atoms with Gasteiger partial charge in [0, 0.05) is 25.8 Å². The Kier molecular flexibility index (Phi) is 6.99. The average molecular weight is 467 g/mol. The van der Waals surface area contributed by atoms with Crippen molar-refractivity contribution < 1.29 is 37.1 Å². The molecule has 4 rings (SSSR count). The van der Waals surface area contributed by atoms with E-state index in [2.05, 4.69) is 4.98 Å². The van der Waals surface area contributed by atoms with E-state index in [1.165, 1.54) is 12.1 Å². The summed E-state index contributed by atoms with van der Waals surface area (Å²) in [5.74, 6) is -3.08. The van der Waals surface area contributed by atoms with Gasteiger partial charge in [0.05, 0.1) is 23.7 Å². The molecule has 2 amide bonds. The quantitative estimate of drug-likeness (QED) is 0.701. The fraction of sp³-hybridized carbons (Fsp3) is 0.364. The molecule has 176 valence electrons. The first kappa shape index (κ1) is 24.1. The van der Waals surface area contributed by atoms with Crippen molar-refractivity contribution in [1.29, 1.82) is 0 Å². The monoisotopic (exact) mass is 467 g/mol. The standard InChI is InChI=1S/C20H20FN3O2.C2HF3O2/c21-16-4-1-3-15(11-16)12-18(25)23-9-6-20(14-23)7-10-24(19(20)26)17-5-2-8-22-13-17;3-2(4,5)1(6)7/h1-5,8,11,13H,6-7,9-10,12,14H2;(H,6,7). The van der Waals surface area contributed by atoms with E-state index in [1.54, 1.807) is 34.3 Å². The lowest BCUT2D eigenvalue weighted by Gasteiger charge is -2.23. The van der Waals surface area contributed by atoms with Crippen LogP contribution in [0.4, 0.5) is 23.2 Å². The summed E-state index contributed by atoms with van der Waals surface area (Å²) in [6, 6.07) is 9.80. The number of carbonyl (C=O) groups excluding carboxylic acids is 2. The minimum atomic E-state index is -5.08. The van der Waals surface area contributed by atoms with Gasteiger partial charge in [0.25, 0.3) is 0 Å². The highest BCUT2D eigenvalue weighted by Gasteiger charge is 2.51. The number of carbonyl (C=O) groups is 3. The molecule has 1 aromatic carbocycles. The number of anilines is 1. The van der Waals surface area contributed by atoms with Crippen LogP contribution in [0.2, 0.25) is 0 Å². The average Bonchev–Trinajstić information content (AvgIpc) is 3.33. The van der Waals surface area contributed by atoms with E-state index < -0.39 is 17.6 Å². The molecule has 1 aromatic heterocycles. The SMILES string of the molecule is O=C(Cc1cccc(F)c1)N1CCC2(CCN(c3cccnc3)C2=O)C1.O=C(O)C(F)(F)F. The van der Waals surface area contributed by atoms with E-state index in [9.17, 15) is 27.2 Å². The maximum absolute atomic E-state index is 13.3. The fourth-order valence-corrected chi connectivity index (χ4v) is 3.98. The molecule has 0 bridgehead atoms. The fourth-order valence-electron chi connectivity index (χ4n) is 3.98. The number of benzene rings is 1. The van der Waals surface area contributed by atoms with Gasteiger partial charge < -0.3 is 14.9 Å². The number of carboxylic acids is 1. The zero-order valence-corrected chi connectivity index (χ0v) is 17.4. The summed E-state index contributed by atoms with van der Waals surface area (Å²) in [7, 11) is 0. The van der Waals surface area contributed by atoms with Crippen LogP contribution < -0.4 is 4.90 Å². The minimum absolute atomic E-state index is 0.0555. The molecule has 2 aliphatic heterocycles. The predicted octanol–water partition coefficient (Wildman–Crippen LogP) is 3.05. The molecular weight excluding hydrogens is 446 g/mol. The molecule has 7 nitrogen and oxygen atoms in total. The third kappa shape index (κ3) is 5.65. The Morgan fingerprint density at radius 1 is 1.12 bits per heavy atom. The number of halogens is 4. The van der Waals surface area contributed by atoms with Crippen LogP contribution >= 0.6 is 0 Å². The first-order valence-corrected chi connectivity index (χ1v) is 10.1. The maximum atomic E-state index is 13.3. The van der Waals surface area contributed by atoms with Crippen LogP contribution in [0.15, 0.2) is 48.8 Å². The molecule has 2 aliphatic rings. The third-order valence-corrected chi connectivity index (χ3v) is 5.66. The number of hydrogen-bond donors (Lipinski definition) is 1. The first-order valence-electron chi connectivity index (χ1n) is 10.1. The summed E-state index contributed by atoms with van der Waals surface area (Å²) in [5, 5.41) is 7.12. The van der Waals surface area contributed by atoms with E-state index in [0.717, 1.165) is 12.1 Å². The Bertz CT molecular complexity index is 1030. The lowest BCUT2D eigenvalue weighted by atomic mass is 9.85. The second kappa shape index (κ2) is 9.55. The Labute approximate surface area is 186 Å². The largest absolute Gasteiger partial charge is 0.490 e. The Morgan fingerprint density at radius 2 is 1.82 bits per heavy atom. The molecule has 0 aliphatic carbocycles. The van der Waals surface area contributed by atoms with E-state index in [-0.39, 0.29) is 24.1 Å². The smallest absolute Gasteiger partial charge is 0.475 e. The van der Waals surface area contributed by atoms with Crippen molar-refractivity contribution in [2.75, 3.05) is 24.5 Å². The number of alkyl halides is 3. The number of amides is 2. The number of nitrogens with zero attached hydrogens (tertiary/aromatic N) is 3. The molecular formula is C22H21F4N3O4. The lowest BCUT2D eigenvalue weighted by molar-refractivity contribution is -0.192. The Hall–Kier alpha value is -3.50. The van der Waals surface area contributed by atoms with Gasteiger partial charge in [-0.3, -0.25) is 14.6 Å². The Balaban J connectivity index is 0.000000383. The number of pyridine rings is 1. The van der Waals surface area contributed by atoms with Crippen molar-refractivity contribution in [3.63, 3.8) is 0 Å². The van der Waals surface area contributed by atoms with Gasteiger partial charge in [0.15, 0.2) is 0 Å². The number of aliphatic carboxylic acids is 1. The van der Waals surface area contributed by atoms with Crippen molar-refractivity contribution >= 4 is 23.5 Å². The van der Waals surface area contributed by atoms with Gasteiger partial charge in [-0.15, -0.1) is 0 Å². The second-order valence-corrected chi connectivity index (χ2v) is 7.87. The zero-order valence-electron chi connectivity index (χ0n) is 17.4. The highest BCUT2D eigenvalue weighted by Crippen LogP contribution is 2.42. The van der Waals surface area contributed by atoms with Crippen LogP contribution in [0.5, 0.6) is 0 Å². The molecule has 11 heteroatoms. The lowest BCUT2D eigenvalue weighted by Crippen LogP contribution is -2.38. The minimum Gasteiger partial charge on any atom is -0.475 e. The second-order valence-electron chi connectivity index (χ2n) is 7.87. The van der Waals surface area contributed by atoms with Crippen molar-refractivity contribution in [3.8, 4) is 0 Å². The summed E-state index contributed by atoms with van der Waals surface area (Å²) >= 11 is 0. The van der Waals surface area contributed by atoms with Crippen LogP contribution in [0.1, 0.15) is 18.4 Å². The third-order valence-electron chi connectivity index (χ3n) is 5.66. The molecule has 0 radical (unpaired) electrons. The summed E-state index contributed by atoms with van der Waals surface area (Å²) in [6.07, 6.45) is -0.128. The van der Waals surface area contributed by atoms with E-state index >= 15 is 0 Å². The van der Waals surface area contributed by atoms with Crippen molar-refractivity contribution in [2.24, 2.45) is 5.41 Å². The molecule has 2 aromatic rings. The number of carboxylic acid groups (broad SMARTS) is 1.